The number of benzene rings is 1. The third-order valence-corrected chi connectivity index (χ3v) is 5.35. The Morgan fingerprint density at radius 2 is 2.21 bits per heavy atom. The molecule has 3 atom stereocenters. The number of halogens is 1. The number of nitrogens with two attached hydrogens (primary N) is 1. The second-order valence-electron chi connectivity index (χ2n) is 5.22. The highest BCUT2D eigenvalue weighted by atomic mass is 32.2. The molecular formula is C14H17FN2OS. The molecule has 19 heavy (non-hydrogen) atoms. The van der Waals surface area contributed by atoms with Crippen LogP contribution >= 0.6 is 11.8 Å². The van der Waals surface area contributed by atoms with Gasteiger partial charge in [0.05, 0.1) is 24.5 Å². The van der Waals surface area contributed by atoms with Crippen molar-refractivity contribution in [2.45, 2.75) is 17.7 Å². The van der Waals surface area contributed by atoms with Crippen molar-refractivity contribution in [2.24, 2.45) is 16.6 Å². The summed E-state index contributed by atoms with van der Waals surface area (Å²) in [5.74, 6) is 1.22. The lowest BCUT2D eigenvalue weighted by Gasteiger charge is -2.33. The fourth-order valence-corrected chi connectivity index (χ4v) is 4.18. The standard InChI is InChI=1S/C14H17FN2OS/c1-14(9-4-2-3-5-11(9)15)10-6-18-7-12(10)19-8-13(16)17-14/h2-5,10,12H,6-8H2,1H3,(H2,16,17)/t10?,12?,14-/m1/s1. The number of amidine groups is 1. The van der Waals surface area contributed by atoms with Gasteiger partial charge in [-0.1, -0.05) is 18.2 Å². The van der Waals surface area contributed by atoms with Gasteiger partial charge in [0, 0.05) is 16.7 Å². The van der Waals surface area contributed by atoms with E-state index in [1.807, 2.05) is 13.0 Å². The third kappa shape index (κ3) is 2.15. The Hall–Kier alpha value is -1.07. The third-order valence-electron chi connectivity index (χ3n) is 3.99. The van der Waals surface area contributed by atoms with Crippen molar-refractivity contribution in [3.05, 3.63) is 35.6 Å². The SMILES string of the molecule is C[C@]1(c2ccccc2F)N=C(N)CSC2COCC21. The van der Waals surface area contributed by atoms with Crippen molar-refractivity contribution >= 4 is 17.6 Å². The molecule has 1 fully saturated rings. The molecule has 3 rings (SSSR count). The summed E-state index contributed by atoms with van der Waals surface area (Å²) in [7, 11) is 0. The molecule has 2 unspecified atom stereocenters. The van der Waals surface area contributed by atoms with Gasteiger partial charge in [0.1, 0.15) is 11.7 Å². The van der Waals surface area contributed by atoms with Gasteiger partial charge >= 0.3 is 0 Å². The predicted molar refractivity (Wildman–Crippen MR) is 75.9 cm³/mol. The van der Waals surface area contributed by atoms with Crippen LogP contribution in [0, 0.1) is 11.7 Å². The van der Waals surface area contributed by atoms with Crippen LogP contribution in [0.1, 0.15) is 12.5 Å². The first kappa shape index (κ1) is 12.9. The summed E-state index contributed by atoms with van der Waals surface area (Å²) in [4.78, 5) is 4.64. The predicted octanol–water partition coefficient (Wildman–Crippen LogP) is 2.16. The van der Waals surface area contributed by atoms with Crippen molar-refractivity contribution in [1.29, 1.82) is 0 Å². The van der Waals surface area contributed by atoms with E-state index in [1.165, 1.54) is 6.07 Å². The van der Waals surface area contributed by atoms with Crippen LogP contribution < -0.4 is 5.73 Å². The molecule has 2 aliphatic heterocycles. The van der Waals surface area contributed by atoms with E-state index < -0.39 is 5.54 Å². The van der Waals surface area contributed by atoms with Crippen LogP contribution in [-0.4, -0.2) is 30.1 Å². The largest absolute Gasteiger partial charge is 0.387 e. The number of ether oxygens (including phenoxy) is 1. The molecule has 2 heterocycles. The van der Waals surface area contributed by atoms with Crippen LogP contribution in [0.4, 0.5) is 4.39 Å². The minimum absolute atomic E-state index is 0.162. The summed E-state index contributed by atoms with van der Waals surface area (Å²) >= 11 is 1.76. The summed E-state index contributed by atoms with van der Waals surface area (Å²) < 4.78 is 19.8. The Morgan fingerprint density at radius 1 is 1.42 bits per heavy atom. The van der Waals surface area contributed by atoms with Crippen molar-refractivity contribution in [3.63, 3.8) is 0 Å². The maximum absolute atomic E-state index is 14.2. The molecule has 2 N–H and O–H groups in total. The van der Waals surface area contributed by atoms with E-state index in [2.05, 4.69) is 4.99 Å². The Labute approximate surface area is 116 Å². The van der Waals surface area contributed by atoms with Gasteiger partial charge in [-0.3, -0.25) is 4.99 Å². The van der Waals surface area contributed by atoms with E-state index in [0.29, 0.717) is 35.6 Å². The van der Waals surface area contributed by atoms with Crippen LogP contribution in [0.3, 0.4) is 0 Å². The van der Waals surface area contributed by atoms with E-state index in [-0.39, 0.29) is 11.7 Å². The Morgan fingerprint density at radius 3 is 3.00 bits per heavy atom. The summed E-state index contributed by atoms with van der Waals surface area (Å²) in [6, 6.07) is 6.83. The topological polar surface area (TPSA) is 47.6 Å². The zero-order chi connectivity index (χ0) is 13.5. The monoisotopic (exact) mass is 280 g/mol. The molecule has 1 saturated heterocycles. The molecular weight excluding hydrogens is 263 g/mol. The molecule has 3 nitrogen and oxygen atoms in total. The number of aliphatic imine (C=N–C) groups is 1. The van der Waals surface area contributed by atoms with E-state index in [1.54, 1.807) is 23.9 Å². The zero-order valence-electron chi connectivity index (χ0n) is 10.8. The molecule has 1 aromatic rings. The first-order valence-corrected chi connectivity index (χ1v) is 7.44. The molecule has 102 valence electrons. The Bertz CT molecular complexity index is 522. The number of rotatable bonds is 1. The van der Waals surface area contributed by atoms with Gasteiger partial charge in [-0.2, -0.15) is 0 Å². The maximum atomic E-state index is 14.2. The lowest BCUT2D eigenvalue weighted by Crippen LogP contribution is -2.37. The Balaban J connectivity index is 2.12. The van der Waals surface area contributed by atoms with Crippen LogP contribution in [0.2, 0.25) is 0 Å². The van der Waals surface area contributed by atoms with Crippen LogP contribution in [-0.2, 0) is 10.3 Å². The van der Waals surface area contributed by atoms with Crippen molar-refractivity contribution in [2.75, 3.05) is 19.0 Å². The second-order valence-corrected chi connectivity index (χ2v) is 6.45. The molecule has 0 amide bonds. The fourth-order valence-electron chi connectivity index (χ4n) is 2.96. The average molecular weight is 280 g/mol. The van der Waals surface area contributed by atoms with Gasteiger partial charge in [-0.25, -0.2) is 4.39 Å². The summed E-state index contributed by atoms with van der Waals surface area (Å²) in [6.45, 7) is 3.28. The molecule has 0 aliphatic carbocycles. The average Bonchev–Trinajstić information content (AvgIpc) is 2.81. The fraction of sp³-hybridized carbons (Fsp3) is 0.500. The van der Waals surface area contributed by atoms with Gasteiger partial charge in [-0.15, -0.1) is 11.8 Å². The molecule has 2 aliphatic rings. The molecule has 1 aromatic carbocycles. The molecule has 0 saturated carbocycles. The van der Waals surface area contributed by atoms with Crippen LogP contribution in [0.5, 0.6) is 0 Å². The van der Waals surface area contributed by atoms with E-state index in [0.717, 1.165) is 0 Å². The molecule has 0 radical (unpaired) electrons. The number of hydrogen-bond acceptors (Lipinski definition) is 4. The normalized spacial score (nSPS) is 34.5. The van der Waals surface area contributed by atoms with Gasteiger partial charge < -0.3 is 10.5 Å². The number of fused-ring (bicyclic) bond motifs is 1. The van der Waals surface area contributed by atoms with Crippen LogP contribution in [0.15, 0.2) is 29.3 Å². The summed E-state index contributed by atoms with van der Waals surface area (Å²) in [6.07, 6.45) is 0. The highest BCUT2D eigenvalue weighted by Gasteiger charge is 2.47. The molecule has 5 heteroatoms. The smallest absolute Gasteiger partial charge is 0.128 e. The minimum Gasteiger partial charge on any atom is -0.387 e. The molecule has 0 bridgehead atoms. The number of hydrogen-bond donors (Lipinski definition) is 1. The number of thioether (sulfide) groups is 1. The van der Waals surface area contributed by atoms with Gasteiger partial charge in [0.25, 0.3) is 0 Å². The van der Waals surface area contributed by atoms with Crippen molar-refractivity contribution < 1.29 is 9.13 Å². The van der Waals surface area contributed by atoms with E-state index >= 15 is 0 Å². The van der Waals surface area contributed by atoms with Crippen LogP contribution in [0.25, 0.3) is 0 Å². The minimum atomic E-state index is -0.639. The maximum Gasteiger partial charge on any atom is 0.128 e. The van der Waals surface area contributed by atoms with Gasteiger partial charge in [0.2, 0.25) is 0 Å². The highest BCUT2D eigenvalue weighted by molar-refractivity contribution is 8.00. The first-order valence-electron chi connectivity index (χ1n) is 6.40. The lowest BCUT2D eigenvalue weighted by atomic mass is 9.79. The molecule has 0 aromatic heterocycles. The van der Waals surface area contributed by atoms with Crippen molar-refractivity contribution in [3.8, 4) is 0 Å². The quantitative estimate of drug-likeness (QED) is 0.857. The number of nitrogens with zero attached hydrogens (tertiary/aromatic N) is 1. The zero-order valence-corrected chi connectivity index (χ0v) is 11.6. The first-order chi connectivity index (χ1) is 9.11. The summed E-state index contributed by atoms with van der Waals surface area (Å²) in [5.41, 5.74) is 5.94. The molecule has 0 spiro atoms. The summed E-state index contributed by atoms with van der Waals surface area (Å²) in [5, 5.41) is 0.328. The van der Waals surface area contributed by atoms with E-state index in [4.69, 9.17) is 10.5 Å². The highest BCUT2D eigenvalue weighted by Crippen LogP contribution is 2.45. The van der Waals surface area contributed by atoms with Gasteiger partial charge in [-0.05, 0) is 13.0 Å². The second kappa shape index (κ2) is 4.80. The van der Waals surface area contributed by atoms with E-state index in [9.17, 15) is 4.39 Å². The lowest BCUT2D eigenvalue weighted by molar-refractivity contribution is 0.166. The van der Waals surface area contributed by atoms with Crippen molar-refractivity contribution in [1.82, 2.24) is 0 Å². The Kier molecular flexibility index (Phi) is 3.27. The van der Waals surface area contributed by atoms with Gasteiger partial charge in [0.15, 0.2) is 0 Å².